The molecule has 5 unspecified atom stereocenters. The Morgan fingerprint density at radius 1 is 1.38 bits per heavy atom. The molecule has 1 aromatic heterocycles. The van der Waals surface area contributed by atoms with Crippen LogP contribution in [0.3, 0.4) is 0 Å². The summed E-state index contributed by atoms with van der Waals surface area (Å²) in [6.07, 6.45) is -0.496. The first-order chi connectivity index (χ1) is 18.7. The Bertz CT molecular complexity index is 1400. The Morgan fingerprint density at radius 2 is 2.13 bits per heavy atom. The van der Waals surface area contributed by atoms with E-state index in [9.17, 15) is 18.9 Å². The van der Waals surface area contributed by atoms with E-state index in [4.69, 9.17) is 29.3 Å². The Morgan fingerprint density at radius 3 is 2.79 bits per heavy atom. The Kier molecular flexibility index (Phi) is 10.6. The molecule has 3 rings (SSSR count). The average Bonchev–Trinajstić information content (AvgIpc) is 3.32. The summed E-state index contributed by atoms with van der Waals surface area (Å²) in [5.41, 5.74) is 8.78. The lowest BCUT2D eigenvalue weighted by atomic mass is 10.1. The molecule has 0 bridgehead atoms. The lowest BCUT2D eigenvalue weighted by Crippen LogP contribution is -2.39. The van der Waals surface area contributed by atoms with E-state index in [1.54, 1.807) is 30.3 Å². The van der Waals surface area contributed by atoms with Gasteiger partial charge in [0.1, 0.15) is 12.3 Å². The summed E-state index contributed by atoms with van der Waals surface area (Å²) in [5, 5.41) is 15.2. The van der Waals surface area contributed by atoms with Gasteiger partial charge in [0.25, 0.3) is 5.56 Å². The van der Waals surface area contributed by atoms with Crippen LogP contribution in [-0.4, -0.2) is 54.0 Å². The minimum atomic E-state index is -4.26. The van der Waals surface area contributed by atoms with Gasteiger partial charge in [-0.3, -0.25) is 28.2 Å². The van der Waals surface area contributed by atoms with E-state index in [1.807, 2.05) is 6.07 Å². The summed E-state index contributed by atoms with van der Waals surface area (Å²) in [5.74, 6) is -0.719. The van der Waals surface area contributed by atoms with Crippen LogP contribution < -0.4 is 16.3 Å². The molecule has 0 saturated carbocycles. The van der Waals surface area contributed by atoms with Crippen LogP contribution in [0.25, 0.3) is 10.4 Å². The zero-order valence-corrected chi connectivity index (χ0v) is 22.2. The number of azide groups is 1. The van der Waals surface area contributed by atoms with E-state index in [2.05, 4.69) is 20.1 Å². The number of nitrogens with one attached hydrogen (secondary N) is 2. The minimum absolute atomic E-state index is 0.0648. The Balaban J connectivity index is 1.81. The number of carbonyl (C=O) groups is 1. The summed E-state index contributed by atoms with van der Waals surface area (Å²) >= 11 is 0. The highest BCUT2D eigenvalue weighted by molar-refractivity contribution is 7.51. The maximum Gasteiger partial charge on any atom is 0.406 e. The molecule has 0 radical (unpaired) electrons. The van der Waals surface area contributed by atoms with E-state index in [0.29, 0.717) is 0 Å². The molecule has 0 spiro atoms. The summed E-state index contributed by atoms with van der Waals surface area (Å²) in [6.45, 7) is 0.830. The predicted molar refractivity (Wildman–Crippen MR) is 136 cm³/mol. The SMILES string of the molecule is COC(=O)C(Cc1ccccc1)NP(=O)(OCCC#N)OCC1OC(n2cc(C)c(=O)[nH]c2=O)CC1N=[N+]=[N-]. The molecular weight excluding hydrogens is 533 g/mol. The second-order valence-electron chi connectivity index (χ2n) is 8.54. The van der Waals surface area contributed by atoms with Crippen molar-refractivity contribution in [2.75, 3.05) is 20.3 Å². The van der Waals surface area contributed by atoms with Gasteiger partial charge in [0.15, 0.2) is 0 Å². The smallest absolute Gasteiger partial charge is 0.406 e. The van der Waals surface area contributed by atoms with Crippen molar-refractivity contribution in [3.8, 4) is 6.07 Å². The molecule has 15 nitrogen and oxygen atoms in total. The van der Waals surface area contributed by atoms with Crippen molar-refractivity contribution in [3.63, 3.8) is 0 Å². The maximum absolute atomic E-state index is 13.7. The van der Waals surface area contributed by atoms with Gasteiger partial charge in [0.05, 0.1) is 45.0 Å². The van der Waals surface area contributed by atoms with E-state index in [1.165, 1.54) is 20.2 Å². The zero-order chi connectivity index (χ0) is 28.4. The van der Waals surface area contributed by atoms with Crippen LogP contribution in [-0.2, 0) is 34.3 Å². The van der Waals surface area contributed by atoms with Crippen LogP contribution in [0.2, 0.25) is 0 Å². The number of ether oxygens (including phenoxy) is 2. The van der Waals surface area contributed by atoms with E-state index >= 15 is 0 Å². The number of hydrogen-bond donors (Lipinski definition) is 2. The highest BCUT2D eigenvalue weighted by Crippen LogP contribution is 2.46. The third kappa shape index (κ3) is 8.11. The third-order valence-corrected chi connectivity index (χ3v) is 7.47. The monoisotopic (exact) mass is 561 g/mol. The van der Waals surface area contributed by atoms with E-state index in [0.717, 1.165) is 10.1 Å². The summed E-state index contributed by atoms with van der Waals surface area (Å²) < 4.78 is 36.6. The number of aromatic amines is 1. The molecule has 1 aliphatic heterocycles. The second-order valence-corrected chi connectivity index (χ2v) is 10.3. The molecule has 2 N–H and O–H groups in total. The molecule has 16 heteroatoms. The van der Waals surface area contributed by atoms with Crippen molar-refractivity contribution in [1.82, 2.24) is 14.6 Å². The zero-order valence-electron chi connectivity index (χ0n) is 21.3. The first kappa shape index (κ1) is 29.8. The van der Waals surface area contributed by atoms with Crippen LogP contribution in [0.15, 0.2) is 51.2 Å². The standard InChI is InChI=1S/C23H28N7O8P/c1-15-13-30(23(33)26-21(15)31)20-12-17(27-29-25)19(38-20)14-37-39(34,36-10-6-9-24)28-18(22(32)35-2)11-16-7-4-3-5-8-16/h3-5,7-8,13,17-20H,6,10-12,14H2,1-2H3,(H,28,34)(H,26,31,33). The van der Waals surface area contributed by atoms with Gasteiger partial charge in [-0.15, -0.1) is 0 Å². The second kappa shape index (κ2) is 13.9. The van der Waals surface area contributed by atoms with Gasteiger partial charge >= 0.3 is 19.4 Å². The average molecular weight is 561 g/mol. The van der Waals surface area contributed by atoms with Crippen molar-refractivity contribution in [2.24, 2.45) is 5.11 Å². The molecule has 2 aromatic rings. The fourth-order valence-corrected chi connectivity index (χ4v) is 5.36. The van der Waals surface area contributed by atoms with Gasteiger partial charge in [0.2, 0.25) is 0 Å². The first-order valence-electron chi connectivity index (χ1n) is 11.9. The molecule has 39 heavy (non-hydrogen) atoms. The number of rotatable bonds is 13. The van der Waals surface area contributed by atoms with Gasteiger partial charge in [0, 0.05) is 23.1 Å². The van der Waals surface area contributed by atoms with Crippen LogP contribution in [0.4, 0.5) is 0 Å². The number of H-pyrrole nitrogens is 1. The van der Waals surface area contributed by atoms with Crippen molar-refractivity contribution in [3.05, 3.63) is 78.9 Å². The van der Waals surface area contributed by atoms with E-state index in [-0.39, 0.29) is 31.4 Å². The quantitative estimate of drug-likeness (QED) is 0.0909. The van der Waals surface area contributed by atoms with Gasteiger partial charge in [-0.1, -0.05) is 35.4 Å². The van der Waals surface area contributed by atoms with E-state index < -0.39 is 56.0 Å². The number of carbonyl (C=O) groups excluding carboxylic acids is 1. The number of esters is 1. The van der Waals surface area contributed by atoms with Crippen LogP contribution in [0, 0.1) is 18.3 Å². The first-order valence-corrected chi connectivity index (χ1v) is 13.4. The number of hydrogen-bond acceptors (Lipinski definition) is 10. The predicted octanol–water partition coefficient (Wildman–Crippen LogP) is 2.24. The van der Waals surface area contributed by atoms with Gasteiger partial charge in [-0.25, -0.2) is 14.4 Å². The molecule has 1 saturated heterocycles. The number of nitriles is 1. The highest BCUT2D eigenvalue weighted by Gasteiger charge is 2.40. The molecule has 1 aliphatic rings. The molecule has 5 atom stereocenters. The Labute approximate surface area is 222 Å². The van der Waals surface area contributed by atoms with Crippen molar-refractivity contribution < 1.29 is 27.9 Å². The molecule has 208 valence electrons. The number of aromatic nitrogens is 2. The molecule has 0 aliphatic carbocycles. The summed E-state index contributed by atoms with van der Waals surface area (Å²) in [6, 6.07) is 8.83. The van der Waals surface area contributed by atoms with Crippen LogP contribution in [0.5, 0.6) is 0 Å². The van der Waals surface area contributed by atoms with Gasteiger partial charge in [-0.05, 0) is 24.4 Å². The van der Waals surface area contributed by atoms with Crippen LogP contribution >= 0.6 is 7.75 Å². The normalized spacial score (nSPS) is 20.8. The highest BCUT2D eigenvalue weighted by atomic mass is 31.2. The maximum atomic E-state index is 13.7. The van der Waals surface area contributed by atoms with Gasteiger partial charge < -0.3 is 9.47 Å². The number of nitrogens with zero attached hydrogens (tertiary/aromatic N) is 5. The van der Waals surface area contributed by atoms with Crippen LogP contribution in [0.1, 0.15) is 30.2 Å². The number of methoxy groups -OCH3 is 1. The number of benzene rings is 1. The van der Waals surface area contributed by atoms with Crippen molar-refractivity contribution in [2.45, 2.75) is 50.6 Å². The lowest BCUT2D eigenvalue weighted by molar-refractivity contribution is -0.142. The third-order valence-electron chi connectivity index (χ3n) is 5.83. The molecule has 1 fully saturated rings. The summed E-state index contributed by atoms with van der Waals surface area (Å²) in [4.78, 5) is 41.6. The van der Waals surface area contributed by atoms with Crippen molar-refractivity contribution in [1.29, 1.82) is 5.26 Å². The molecule has 1 aromatic carbocycles. The minimum Gasteiger partial charge on any atom is -0.468 e. The fraction of sp³-hybridized carbons (Fsp3) is 0.478. The van der Waals surface area contributed by atoms with Gasteiger partial charge in [-0.2, -0.15) is 5.26 Å². The number of aryl methyl sites for hydroxylation is 1. The molecule has 2 heterocycles. The Hall–Kier alpha value is -3.76. The van der Waals surface area contributed by atoms with Crippen molar-refractivity contribution >= 4 is 13.7 Å². The largest absolute Gasteiger partial charge is 0.468 e. The molecular formula is C23H28N7O8P. The lowest BCUT2D eigenvalue weighted by Gasteiger charge is -2.25. The topological polar surface area (TPSA) is 210 Å². The summed E-state index contributed by atoms with van der Waals surface area (Å²) in [7, 11) is -3.07. The fourth-order valence-electron chi connectivity index (χ4n) is 3.88. The molecule has 0 amide bonds.